The largest absolute Gasteiger partial charge is 0.311 e. The SMILES string of the molecule is CC.CC.CC.CC.CC.CC.CC.c1cc2ccc3cccc4ccc(c1)c2c34.c1cc2cccc3c4cccc5cccc(c(c1)c23)c54.c1ccc(N(c2ccccc2)c2ccccc2)cc1.c1ccc2c(c1)ccc1ccccc12.c1ccc2nc3ccccc3cc2c1.c1cnccn1. The molecule has 2 aromatic heterocycles. The van der Waals surface area contributed by atoms with Crippen LogP contribution in [0.2, 0.25) is 0 Å². The van der Waals surface area contributed by atoms with E-state index in [-0.39, 0.29) is 0 Å². The van der Waals surface area contributed by atoms with Gasteiger partial charge in [-0.05, 0) is 152 Å². The van der Waals surface area contributed by atoms with E-state index in [0.29, 0.717) is 0 Å². The van der Waals surface area contributed by atoms with Crippen molar-refractivity contribution in [2.75, 3.05) is 4.90 Å². The highest BCUT2D eigenvalue weighted by atomic mass is 15.1. The molecule has 0 saturated heterocycles. The molecule has 4 nitrogen and oxygen atoms in total. The Kier molecular flexibility index (Phi) is 32.7. The minimum absolute atomic E-state index is 1.06. The molecule has 518 valence electrons. The van der Waals surface area contributed by atoms with Crippen molar-refractivity contribution in [3.8, 4) is 0 Å². The summed E-state index contributed by atoms with van der Waals surface area (Å²) in [5.41, 5.74) is 5.62. The quantitative estimate of drug-likeness (QED) is 0.131. The van der Waals surface area contributed by atoms with Crippen molar-refractivity contribution < 1.29 is 0 Å². The van der Waals surface area contributed by atoms with E-state index in [1.54, 1.807) is 24.8 Å². The van der Waals surface area contributed by atoms with E-state index in [4.69, 9.17) is 0 Å². The van der Waals surface area contributed by atoms with Crippen LogP contribution in [0.3, 0.4) is 0 Å². The van der Waals surface area contributed by atoms with Crippen LogP contribution < -0.4 is 4.90 Å². The summed E-state index contributed by atoms with van der Waals surface area (Å²) in [6.07, 6.45) is 6.56. The second-order valence-electron chi connectivity index (χ2n) is 21.8. The van der Waals surface area contributed by atoms with Crippen molar-refractivity contribution in [1.82, 2.24) is 15.0 Å². The topological polar surface area (TPSA) is 41.9 Å². The number of nitrogens with zero attached hydrogens (tertiary/aromatic N) is 4. The van der Waals surface area contributed by atoms with E-state index in [2.05, 4.69) is 305 Å². The fraction of sp³-hybridized carbons (Fsp3) is 0.141. The van der Waals surface area contributed by atoms with Gasteiger partial charge in [-0.2, -0.15) is 0 Å². The zero-order valence-corrected chi connectivity index (χ0v) is 62.9. The lowest BCUT2D eigenvalue weighted by molar-refractivity contribution is 1.20. The summed E-state index contributed by atoms with van der Waals surface area (Å²) >= 11 is 0. The maximum absolute atomic E-state index is 4.58. The fourth-order valence-corrected chi connectivity index (χ4v) is 12.4. The number of hydrogen-bond donors (Lipinski definition) is 0. The summed E-state index contributed by atoms with van der Waals surface area (Å²) in [7, 11) is 0. The average molecular weight is 1350 g/mol. The summed E-state index contributed by atoms with van der Waals surface area (Å²) in [5, 5.41) is 26.7. The third-order valence-electron chi connectivity index (χ3n) is 16.4. The first kappa shape index (κ1) is 78.5. The molecule has 17 aromatic carbocycles. The van der Waals surface area contributed by atoms with Crippen molar-refractivity contribution in [3.05, 3.63) is 365 Å². The molecule has 0 fully saturated rings. The molecule has 2 heterocycles. The van der Waals surface area contributed by atoms with E-state index in [0.717, 1.165) is 11.0 Å². The van der Waals surface area contributed by atoms with Crippen LogP contribution >= 0.6 is 0 Å². The Morgan fingerprint density at radius 1 is 0.175 bits per heavy atom. The summed E-state index contributed by atoms with van der Waals surface area (Å²) in [6.45, 7) is 28.0. The lowest BCUT2D eigenvalue weighted by Crippen LogP contribution is -2.09. The second-order valence-corrected chi connectivity index (χ2v) is 21.8. The van der Waals surface area contributed by atoms with E-state index in [9.17, 15) is 0 Å². The molecule has 0 unspecified atom stereocenters. The van der Waals surface area contributed by atoms with Gasteiger partial charge >= 0.3 is 0 Å². The first-order valence-corrected chi connectivity index (χ1v) is 37.1. The molecule has 0 spiro atoms. The number of rotatable bonds is 3. The number of aromatic nitrogens is 3. The third kappa shape index (κ3) is 19.6. The van der Waals surface area contributed by atoms with E-state index in [1.807, 2.05) is 152 Å². The minimum atomic E-state index is 1.06. The van der Waals surface area contributed by atoms with Gasteiger partial charge in [0.2, 0.25) is 0 Å². The zero-order valence-electron chi connectivity index (χ0n) is 62.9. The van der Waals surface area contributed by atoms with Crippen molar-refractivity contribution in [1.29, 1.82) is 0 Å². The molecule has 103 heavy (non-hydrogen) atoms. The molecule has 0 atom stereocenters. The van der Waals surface area contributed by atoms with Crippen LogP contribution in [0.25, 0.3) is 119 Å². The van der Waals surface area contributed by atoms with Crippen molar-refractivity contribution in [2.24, 2.45) is 0 Å². The Morgan fingerprint density at radius 3 is 0.680 bits per heavy atom. The highest BCUT2D eigenvalue weighted by molar-refractivity contribution is 6.33. The van der Waals surface area contributed by atoms with Gasteiger partial charge in [0, 0.05) is 52.6 Å². The molecular formula is C99H102N4. The normalized spacial score (nSPS) is 9.84. The predicted octanol–water partition coefficient (Wildman–Crippen LogP) is 30.5. The van der Waals surface area contributed by atoms with Crippen LogP contribution in [0.5, 0.6) is 0 Å². The molecule has 0 aliphatic rings. The third-order valence-corrected chi connectivity index (χ3v) is 16.4. The number of para-hydroxylation sites is 5. The fourth-order valence-electron chi connectivity index (χ4n) is 12.4. The second kappa shape index (κ2) is 43.0. The van der Waals surface area contributed by atoms with Gasteiger partial charge in [-0.15, -0.1) is 0 Å². The highest BCUT2D eigenvalue weighted by Crippen LogP contribution is 2.40. The maximum Gasteiger partial charge on any atom is 0.0709 e. The standard InChI is InChI=1S/C20H12.C18H15N.C16H10.C14H10.C13H9N.C4H4N2.7C2H6/c1-5-13-6-2-11-17-18-12-4-8-14-7-3-10-16(20(14)18)15(9-1)19(13)17;1-4-10-16(11-5-1)19(17-12-6-2-7-13-17)18-14-8-3-9-15-18;1-3-11-7-9-13-5-2-6-14-10-8-12(4-1)15(11)16(13)14;1-3-7-13-11(5-1)9-10-12-6-2-4-8-14(12)13;1-3-7-12-10(5-1)9-11-6-2-4-8-13(11)14-12;1-2-6-4-3-5-1;7*1-2/h1-12H;1-15H;1-10H;1-10H;1-9H;1-4H;7*1-2H3. The first-order chi connectivity index (χ1) is 51.2. The highest BCUT2D eigenvalue weighted by Gasteiger charge is 2.13. The lowest BCUT2D eigenvalue weighted by atomic mass is 9.90. The van der Waals surface area contributed by atoms with Gasteiger partial charge in [-0.25, -0.2) is 4.98 Å². The van der Waals surface area contributed by atoms with Gasteiger partial charge < -0.3 is 4.90 Å². The molecule has 0 N–H and O–H groups in total. The summed E-state index contributed by atoms with van der Waals surface area (Å²) < 4.78 is 0. The molecule has 0 radical (unpaired) electrons. The predicted molar refractivity (Wildman–Crippen MR) is 461 cm³/mol. The van der Waals surface area contributed by atoms with Gasteiger partial charge in [0.05, 0.1) is 11.0 Å². The van der Waals surface area contributed by atoms with Gasteiger partial charge in [-0.3, -0.25) is 9.97 Å². The van der Waals surface area contributed by atoms with E-state index < -0.39 is 0 Å². The van der Waals surface area contributed by atoms with Crippen LogP contribution in [-0.4, -0.2) is 15.0 Å². The number of benzene rings is 17. The van der Waals surface area contributed by atoms with Gasteiger partial charge in [0.1, 0.15) is 0 Å². The van der Waals surface area contributed by atoms with E-state index in [1.165, 1.54) is 125 Å². The maximum atomic E-state index is 4.58. The Bertz CT molecular complexity index is 4910. The van der Waals surface area contributed by atoms with Crippen LogP contribution in [0.15, 0.2) is 365 Å². The molecular weight excluding hydrogens is 1250 g/mol. The molecule has 0 amide bonds. The molecule has 19 aromatic rings. The first-order valence-electron chi connectivity index (χ1n) is 37.1. The average Bonchev–Trinajstić information content (AvgIpc) is 0.729. The van der Waals surface area contributed by atoms with Crippen LogP contribution in [0.1, 0.15) is 96.9 Å². The van der Waals surface area contributed by atoms with Crippen LogP contribution in [0.4, 0.5) is 17.1 Å². The molecule has 0 aliphatic heterocycles. The number of pyridine rings is 1. The summed E-state index contributed by atoms with van der Waals surface area (Å²) in [6, 6.07) is 119. The molecule has 0 aliphatic carbocycles. The zero-order chi connectivity index (χ0) is 73.6. The summed E-state index contributed by atoms with van der Waals surface area (Å²) in [4.78, 5) is 14.3. The van der Waals surface area contributed by atoms with Crippen LogP contribution in [-0.2, 0) is 0 Å². The summed E-state index contributed by atoms with van der Waals surface area (Å²) in [5.74, 6) is 0. The number of anilines is 3. The molecule has 4 heteroatoms. The Labute approximate surface area is 613 Å². The van der Waals surface area contributed by atoms with Crippen molar-refractivity contribution in [2.45, 2.75) is 96.9 Å². The molecule has 0 saturated carbocycles. The molecule has 19 rings (SSSR count). The smallest absolute Gasteiger partial charge is 0.0709 e. The minimum Gasteiger partial charge on any atom is -0.311 e. The number of fused-ring (bicyclic) bond motifs is 7. The Morgan fingerprint density at radius 2 is 0.388 bits per heavy atom. The Balaban J connectivity index is 0.000000170. The molecule has 0 bridgehead atoms. The van der Waals surface area contributed by atoms with Crippen LogP contribution in [0, 0.1) is 0 Å². The Hall–Kier alpha value is -11.9. The van der Waals surface area contributed by atoms with Gasteiger partial charge in [-0.1, -0.05) is 382 Å². The van der Waals surface area contributed by atoms with Crippen molar-refractivity contribution in [3.63, 3.8) is 0 Å². The van der Waals surface area contributed by atoms with Crippen molar-refractivity contribution >= 4 is 136 Å². The van der Waals surface area contributed by atoms with Gasteiger partial charge in [0.15, 0.2) is 0 Å². The van der Waals surface area contributed by atoms with Gasteiger partial charge in [0.25, 0.3) is 0 Å². The monoisotopic (exact) mass is 1350 g/mol. The number of hydrogen-bond acceptors (Lipinski definition) is 4. The van der Waals surface area contributed by atoms with E-state index >= 15 is 0 Å². The lowest BCUT2D eigenvalue weighted by Gasteiger charge is -2.25.